The highest BCUT2D eigenvalue weighted by Gasteiger charge is 2.34. The van der Waals surface area contributed by atoms with E-state index < -0.39 is 11.7 Å². The Bertz CT molecular complexity index is 1490. The quantitative estimate of drug-likeness (QED) is 0.675. The predicted octanol–water partition coefficient (Wildman–Crippen LogP) is 3.77. The standard InChI is InChI=1S/C29H27F3N4O/c1-35(2)18-17-34-28(37)23-13-11-22(12-14-23)26-16-15-25(21-9-7-20(19-33)8-10-21)36(26)27-6-4-3-5-24(27)29(30,31)32/h3-9,11,13-16H,10,12,17-18H2,1-2H3,(H,34,37). The zero-order chi connectivity index (χ0) is 26.6. The number of hydrogen-bond acceptors (Lipinski definition) is 3. The fourth-order valence-electron chi connectivity index (χ4n) is 4.32. The van der Waals surface area contributed by atoms with Crippen LogP contribution in [0.2, 0.25) is 0 Å². The van der Waals surface area contributed by atoms with Crippen LogP contribution >= 0.6 is 0 Å². The first kappa shape index (κ1) is 26.0. The molecule has 1 N–H and O–H groups in total. The largest absolute Gasteiger partial charge is 0.418 e. The van der Waals surface area contributed by atoms with Crippen LogP contribution in [0.5, 0.6) is 0 Å². The molecular weight excluding hydrogens is 477 g/mol. The summed E-state index contributed by atoms with van der Waals surface area (Å²) in [7, 11) is 3.85. The number of rotatable bonds is 5. The van der Waals surface area contributed by atoms with E-state index >= 15 is 0 Å². The van der Waals surface area contributed by atoms with Gasteiger partial charge < -0.3 is 14.8 Å². The van der Waals surface area contributed by atoms with Crippen molar-refractivity contribution in [3.63, 3.8) is 0 Å². The van der Waals surface area contributed by atoms with Crippen LogP contribution < -0.4 is 16.0 Å². The Kier molecular flexibility index (Phi) is 7.65. The topological polar surface area (TPSA) is 61.1 Å². The fraction of sp³-hybridized carbons (Fsp3) is 0.241. The molecule has 1 amide bonds. The minimum Gasteiger partial charge on any atom is -0.351 e. The maximum absolute atomic E-state index is 14.0. The average molecular weight is 505 g/mol. The van der Waals surface area contributed by atoms with Gasteiger partial charge in [0.05, 0.1) is 17.3 Å². The van der Waals surface area contributed by atoms with E-state index in [4.69, 9.17) is 5.26 Å². The van der Waals surface area contributed by atoms with Crippen LogP contribution in [0, 0.1) is 11.3 Å². The SMILES string of the molecule is CN(C)CCNC(=O)C1=CCC(=c2ccc(=C3C=CC(C#N)=CC3)n2-c2ccccc2C(F)(F)F)C=C1. The third kappa shape index (κ3) is 5.84. The highest BCUT2D eigenvalue weighted by Crippen LogP contribution is 2.33. The molecule has 0 atom stereocenters. The number of aromatic nitrogens is 1. The van der Waals surface area contributed by atoms with E-state index in [0.29, 0.717) is 47.8 Å². The average Bonchev–Trinajstić information content (AvgIpc) is 3.33. The number of halogens is 3. The van der Waals surface area contributed by atoms with Gasteiger partial charge in [0.2, 0.25) is 0 Å². The van der Waals surface area contributed by atoms with Crippen LogP contribution in [0.1, 0.15) is 18.4 Å². The normalized spacial score (nSPS) is 18.4. The van der Waals surface area contributed by atoms with Gasteiger partial charge in [-0.15, -0.1) is 0 Å². The monoisotopic (exact) mass is 504 g/mol. The zero-order valence-electron chi connectivity index (χ0n) is 20.6. The molecule has 0 aliphatic heterocycles. The Balaban J connectivity index is 1.82. The summed E-state index contributed by atoms with van der Waals surface area (Å²) in [5.41, 5.74) is 1.93. The van der Waals surface area contributed by atoms with E-state index in [1.54, 1.807) is 53.2 Å². The Morgan fingerprint density at radius 1 is 1.00 bits per heavy atom. The van der Waals surface area contributed by atoms with Crippen molar-refractivity contribution in [2.24, 2.45) is 0 Å². The summed E-state index contributed by atoms with van der Waals surface area (Å²) in [6, 6.07) is 11.2. The summed E-state index contributed by atoms with van der Waals surface area (Å²) in [5, 5.41) is 13.3. The number of nitrogens with one attached hydrogen (secondary N) is 1. The maximum atomic E-state index is 14.0. The van der Waals surface area contributed by atoms with Crippen molar-refractivity contribution in [3.05, 3.63) is 100 Å². The number of hydrogen-bond donors (Lipinski definition) is 1. The van der Waals surface area contributed by atoms with Gasteiger partial charge in [-0.2, -0.15) is 18.4 Å². The minimum atomic E-state index is -4.54. The molecular formula is C29H27F3N4O. The van der Waals surface area contributed by atoms with E-state index in [-0.39, 0.29) is 11.6 Å². The molecule has 0 unspecified atom stereocenters. The molecule has 0 spiro atoms. The molecule has 2 aliphatic rings. The Morgan fingerprint density at radius 3 is 2.19 bits per heavy atom. The first-order valence-electron chi connectivity index (χ1n) is 11.9. The Hall–Kier alpha value is -4.09. The molecule has 5 nitrogen and oxygen atoms in total. The highest BCUT2D eigenvalue weighted by atomic mass is 19.4. The molecule has 1 heterocycles. The van der Waals surface area contributed by atoms with Gasteiger partial charge in [-0.1, -0.05) is 36.4 Å². The number of carbonyl (C=O) groups is 1. The molecule has 0 fully saturated rings. The summed E-state index contributed by atoms with van der Waals surface area (Å²) in [4.78, 5) is 14.5. The van der Waals surface area contributed by atoms with E-state index in [0.717, 1.165) is 17.2 Å². The molecule has 2 aromatic rings. The third-order valence-corrected chi connectivity index (χ3v) is 6.24. The van der Waals surface area contributed by atoms with Crippen molar-refractivity contribution in [1.29, 1.82) is 5.26 Å². The van der Waals surface area contributed by atoms with E-state index in [9.17, 15) is 18.0 Å². The van der Waals surface area contributed by atoms with Gasteiger partial charge >= 0.3 is 6.18 Å². The molecule has 37 heavy (non-hydrogen) atoms. The molecule has 0 bridgehead atoms. The summed E-state index contributed by atoms with van der Waals surface area (Å²) in [6.07, 6.45) is 6.79. The van der Waals surface area contributed by atoms with Crippen LogP contribution in [-0.2, 0) is 11.0 Å². The number of nitrogens with zero attached hydrogens (tertiary/aromatic N) is 3. The predicted molar refractivity (Wildman–Crippen MR) is 138 cm³/mol. The number of allylic oxidation sites excluding steroid dienone is 6. The van der Waals surface area contributed by atoms with Crippen molar-refractivity contribution < 1.29 is 18.0 Å². The molecule has 2 aliphatic carbocycles. The lowest BCUT2D eigenvalue weighted by molar-refractivity contribution is -0.137. The van der Waals surface area contributed by atoms with Gasteiger partial charge in [-0.3, -0.25) is 4.79 Å². The molecule has 1 aromatic heterocycles. The second kappa shape index (κ2) is 10.9. The summed E-state index contributed by atoms with van der Waals surface area (Å²) in [5.74, 6) is -0.182. The van der Waals surface area contributed by atoms with Gasteiger partial charge in [-0.05, 0) is 74.5 Å². The van der Waals surface area contributed by atoms with Gasteiger partial charge in [0.1, 0.15) is 0 Å². The van der Waals surface area contributed by atoms with Crippen molar-refractivity contribution in [3.8, 4) is 11.8 Å². The van der Waals surface area contributed by atoms with Gasteiger partial charge in [-0.25, -0.2) is 0 Å². The molecule has 190 valence electrons. The van der Waals surface area contributed by atoms with Gasteiger partial charge in [0.25, 0.3) is 5.91 Å². The second-order valence-electron chi connectivity index (χ2n) is 9.07. The zero-order valence-corrected chi connectivity index (χ0v) is 20.6. The first-order chi connectivity index (χ1) is 17.7. The molecule has 4 rings (SSSR count). The van der Waals surface area contributed by atoms with Crippen LogP contribution in [0.4, 0.5) is 13.2 Å². The minimum absolute atomic E-state index is 0.0260. The number of amides is 1. The number of alkyl halides is 3. The van der Waals surface area contributed by atoms with E-state index in [1.807, 2.05) is 25.1 Å². The van der Waals surface area contributed by atoms with Crippen LogP contribution in [0.3, 0.4) is 0 Å². The van der Waals surface area contributed by atoms with Gasteiger partial charge in [0, 0.05) is 34.9 Å². The Labute approximate surface area is 213 Å². The summed E-state index contributed by atoms with van der Waals surface area (Å²) in [6.45, 7) is 1.23. The lowest BCUT2D eigenvalue weighted by Gasteiger charge is -2.17. The first-order valence-corrected chi connectivity index (χ1v) is 11.9. The Morgan fingerprint density at radius 2 is 1.65 bits per heavy atom. The summed E-state index contributed by atoms with van der Waals surface area (Å²) < 4.78 is 43.7. The molecule has 1 aromatic carbocycles. The number of nitriles is 1. The number of benzene rings is 1. The van der Waals surface area contributed by atoms with Crippen molar-refractivity contribution in [2.45, 2.75) is 19.0 Å². The van der Waals surface area contributed by atoms with E-state index in [1.165, 1.54) is 12.1 Å². The molecule has 8 heteroatoms. The van der Waals surface area contributed by atoms with Crippen molar-refractivity contribution in [2.75, 3.05) is 27.2 Å². The number of carbonyl (C=O) groups excluding carboxylic acids is 1. The molecule has 0 saturated heterocycles. The molecule has 0 saturated carbocycles. The number of likely N-dealkylation sites (N-methyl/N-ethyl adjacent to an activating group) is 1. The smallest absolute Gasteiger partial charge is 0.351 e. The number of para-hydroxylation sites is 1. The lowest BCUT2D eigenvalue weighted by Crippen LogP contribution is -2.32. The second-order valence-corrected chi connectivity index (χ2v) is 9.07. The van der Waals surface area contributed by atoms with Gasteiger partial charge in [0.15, 0.2) is 0 Å². The van der Waals surface area contributed by atoms with Crippen LogP contribution in [-0.4, -0.2) is 42.6 Å². The van der Waals surface area contributed by atoms with Crippen molar-refractivity contribution in [1.82, 2.24) is 14.8 Å². The van der Waals surface area contributed by atoms with E-state index in [2.05, 4.69) is 11.4 Å². The fourth-order valence-corrected chi connectivity index (χ4v) is 4.32. The van der Waals surface area contributed by atoms with Crippen LogP contribution in [0.25, 0.3) is 16.8 Å². The maximum Gasteiger partial charge on any atom is 0.418 e. The molecule has 0 radical (unpaired) electrons. The third-order valence-electron chi connectivity index (χ3n) is 6.24. The van der Waals surface area contributed by atoms with Crippen molar-refractivity contribution >= 4 is 17.1 Å². The lowest BCUT2D eigenvalue weighted by atomic mass is 10.0. The highest BCUT2D eigenvalue weighted by molar-refractivity contribution is 5.97. The summed E-state index contributed by atoms with van der Waals surface area (Å²) >= 11 is 0. The van der Waals surface area contributed by atoms with Crippen LogP contribution in [0.15, 0.2) is 84.0 Å².